The van der Waals surface area contributed by atoms with Crippen molar-refractivity contribution < 1.29 is 0 Å². The zero-order valence-corrected chi connectivity index (χ0v) is 40.3. The Labute approximate surface area is 429 Å². The molecule has 3 aliphatic carbocycles. The summed E-state index contributed by atoms with van der Waals surface area (Å²) in [5.41, 5.74) is 26.7. The van der Waals surface area contributed by atoms with Gasteiger partial charge in [0.05, 0.1) is 27.6 Å². The van der Waals surface area contributed by atoms with Crippen LogP contribution >= 0.6 is 0 Å². The van der Waals surface area contributed by atoms with Gasteiger partial charge < -0.3 is 9.47 Å². The molecule has 0 bridgehead atoms. The summed E-state index contributed by atoms with van der Waals surface area (Å²) in [6.07, 6.45) is 0. The van der Waals surface area contributed by atoms with Crippen molar-refractivity contribution in [3.63, 3.8) is 0 Å². The molecule has 342 valence electrons. The summed E-state index contributed by atoms with van der Waals surface area (Å²) in [7, 11) is 0. The maximum absolute atomic E-state index is 2.54. The molecule has 2 unspecified atom stereocenters. The van der Waals surface area contributed by atoms with E-state index in [0.29, 0.717) is 0 Å². The van der Waals surface area contributed by atoms with Crippen LogP contribution in [0.4, 0.5) is 17.1 Å². The standard InChI is InChI=1S/C72H44N2/c1-2-18-45(19-3-1)47-21-16-22-48(42-47)73(49-37-39-54-52-24-6-10-29-59(52)71(65(54)43-49)61-31-12-8-27-58(61)69-51-23-5-4-20-46(51)36-41-63(69)71)50-38-40-55-53-25-7-11-30-60(53)72(66(55)44-50)62-32-13-15-35-68(62)74-67-34-14-9-26-56(67)57-28-17-33-64(72)70(57)74/h1-44H. The predicted molar refractivity (Wildman–Crippen MR) is 306 cm³/mol. The van der Waals surface area contributed by atoms with Crippen LogP contribution in [0.3, 0.4) is 0 Å². The van der Waals surface area contributed by atoms with Crippen LogP contribution in [-0.4, -0.2) is 4.57 Å². The zero-order chi connectivity index (χ0) is 48.3. The van der Waals surface area contributed by atoms with Crippen LogP contribution in [-0.2, 0) is 10.8 Å². The highest BCUT2D eigenvalue weighted by molar-refractivity contribution is 6.13. The fourth-order valence-corrected chi connectivity index (χ4v) is 14.6. The van der Waals surface area contributed by atoms with Crippen LogP contribution in [0.2, 0.25) is 0 Å². The summed E-state index contributed by atoms with van der Waals surface area (Å²) in [6, 6.07) is 101. The van der Waals surface area contributed by atoms with Crippen molar-refractivity contribution in [2.75, 3.05) is 4.90 Å². The largest absolute Gasteiger partial charge is 0.310 e. The number of nitrogens with zero attached hydrogens (tertiary/aromatic N) is 2. The van der Waals surface area contributed by atoms with E-state index < -0.39 is 10.8 Å². The van der Waals surface area contributed by atoms with Gasteiger partial charge in [-0.05, 0) is 148 Å². The third-order valence-electron chi connectivity index (χ3n) is 17.4. The molecule has 0 N–H and O–H groups in total. The summed E-state index contributed by atoms with van der Waals surface area (Å²) in [6.45, 7) is 0. The Morgan fingerprint density at radius 1 is 0.284 bits per heavy atom. The predicted octanol–water partition coefficient (Wildman–Crippen LogP) is 18.1. The minimum absolute atomic E-state index is 0.526. The number of hydrogen-bond donors (Lipinski definition) is 0. The number of fused-ring (bicyclic) bond motifs is 24. The van der Waals surface area contributed by atoms with Gasteiger partial charge in [-0.15, -0.1) is 0 Å². The molecule has 0 radical (unpaired) electrons. The van der Waals surface area contributed by atoms with Gasteiger partial charge in [0.15, 0.2) is 0 Å². The topological polar surface area (TPSA) is 8.17 Å². The number of aromatic nitrogens is 1. The number of benzene rings is 12. The molecular formula is C72H44N2. The van der Waals surface area contributed by atoms with Crippen LogP contribution in [0.1, 0.15) is 44.5 Å². The minimum atomic E-state index is -0.594. The zero-order valence-electron chi connectivity index (χ0n) is 40.3. The van der Waals surface area contributed by atoms with E-state index in [-0.39, 0.29) is 0 Å². The van der Waals surface area contributed by atoms with Crippen molar-refractivity contribution in [2.24, 2.45) is 0 Å². The molecule has 12 aromatic carbocycles. The van der Waals surface area contributed by atoms with Gasteiger partial charge in [-0.3, -0.25) is 0 Å². The Hall–Kier alpha value is -9.50. The average molecular weight is 937 g/mol. The molecule has 2 heterocycles. The molecule has 74 heavy (non-hydrogen) atoms. The number of para-hydroxylation sites is 3. The van der Waals surface area contributed by atoms with Gasteiger partial charge >= 0.3 is 0 Å². The number of anilines is 3. The van der Waals surface area contributed by atoms with Gasteiger partial charge in [-0.1, -0.05) is 218 Å². The quantitative estimate of drug-likeness (QED) is 0.171. The third-order valence-corrected chi connectivity index (χ3v) is 17.4. The molecule has 2 atom stereocenters. The Kier molecular flexibility index (Phi) is 7.90. The van der Waals surface area contributed by atoms with Crippen LogP contribution in [0, 0.1) is 0 Å². The lowest BCUT2D eigenvalue weighted by Crippen LogP contribution is -2.33. The van der Waals surface area contributed by atoms with Crippen LogP contribution in [0.25, 0.3) is 82.8 Å². The average Bonchev–Trinajstić information content (AvgIpc) is 4.35. The Balaban J connectivity index is 0.957. The normalized spacial score (nSPS) is 16.8. The second-order valence-electron chi connectivity index (χ2n) is 20.6. The van der Waals surface area contributed by atoms with Crippen molar-refractivity contribution >= 4 is 49.6 Å². The van der Waals surface area contributed by atoms with E-state index in [9.17, 15) is 0 Å². The summed E-state index contributed by atoms with van der Waals surface area (Å²) < 4.78 is 2.53. The van der Waals surface area contributed by atoms with E-state index in [1.165, 1.54) is 127 Å². The van der Waals surface area contributed by atoms with E-state index in [0.717, 1.165) is 17.1 Å². The van der Waals surface area contributed by atoms with Crippen molar-refractivity contribution in [2.45, 2.75) is 10.8 Å². The number of hydrogen-bond acceptors (Lipinski definition) is 1. The molecule has 0 fully saturated rings. The van der Waals surface area contributed by atoms with Crippen molar-refractivity contribution in [1.82, 2.24) is 4.57 Å². The highest BCUT2D eigenvalue weighted by atomic mass is 15.1. The molecule has 0 amide bonds. The highest BCUT2D eigenvalue weighted by Gasteiger charge is 2.53. The SMILES string of the molecule is c1ccc(-c2cccc(N(c3ccc4c(c3)C3(c5ccccc5-4)c4ccccc4-c4c3ccc3ccccc43)c3ccc4c(c3)C3(c5ccccc5-4)c4ccccc4-n4c5ccccc5c5cccc3c54)c2)cc1. The molecule has 2 heteroatoms. The molecule has 0 saturated heterocycles. The molecule has 1 aromatic heterocycles. The monoisotopic (exact) mass is 936 g/mol. The van der Waals surface area contributed by atoms with E-state index in [2.05, 4.69) is 276 Å². The third kappa shape index (κ3) is 4.91. The van der Waals surface area contributed by atoms with Gasteiger partial charge in [-0.25, -0.2) is 0 Å². The Morgan fingerprint density at radius 3 is 1.54 bits per heavy atom. The lowest BCUT2D eigenvalue weighted by atomic mass is 9.65. The van der Waals surface area contributed by atoms with Gasteiger partial charge in [0.2, 0.25) is 0 Å². The molecule has 2 spiro atoms. The van der Waals surface area contributed by atoms with Crippen molar-refractivity contribution in [1.29, 1.82) is 0 Å². The maximum atomic E-state index is 2.54. The summed E-state index contributed by atoms with van der Waals surface area (Å²) in [5, 5.41) is 5.12. The maximum Gasteiger partial charge on any atom is 0.0755 e. The number of rotatable bonds is 4. The Morgan fingerprint density at radius 2 is 0.797 bits per heavy atom. The lowest BCUT2D eigenvalue weighted by molar-refractivity contribution is 0.748. The fraction of sp³-hybridized carbons (Fsp3) is 0.0278. The van der Waals surface area contributed by atoms with E-state index in [1.54, 1.807) is 0 Å². The first kappa shape index (κ1) is 40.1. The van der Waals surface area contributed by atoms with Gasteiger partial charge in [-0.2, -0.15) is 0 Å². The molecule has 4 aliphatic rings. The first-order chi connectivity index (χ1) is 36.7. The second-order valence-corrected chi connectivity index (χ2v) is 20.6. The van der Waals surface area contributed by atoms with E-state index in [4.69, 9.17) is 0 Å². The van der Waals surface area contributed by atoms with Gasteiger partial charge in [0.1, 0.15) is 0 Å². The molecule has 2 nitrogen and oxygen atoms in total. The molecule has 17 rings (SSSR count). The highest BCUT2D eigenvalue weighted by Crippen LogP contribution is 2.65. The van der Waals surface area contributed by atoms with Crippen molar-refractivity contribution in [3.05, 3.63) is 311 Å². The molecular weight excluding hydrogens is 893 g/mol. The summed E-state index contributed by atoms with van der Waals surface area (Å²) in [5.74, 6) is 0. The second kappa shape index (κ2) is 14.6. The van der Waals surface area contributed by atoms with Crippen LogP contribution in [0.5, 0.6) is 0 Å². The van der Waals surface area contributed by atoms with Crippen LogP contribution < -0.4 is 4.90 Å². The molecule has 0 saturated carbocycles. The van der Waals surface area contributed by atoms with E-state index >= 15 is 0 Å². The first-order valence-corrected chi connectivity index (χ1v) is 25.9. The molecule has 13 aromatic rings. The van der Waals surface area contributed by atoms with Crippen molar-refractivity contribution in [3.8, 4) is 50.2 Å². The van der Waals surface area contributed by atoms with E-state index in [1.807, 2.05) is 0 Å². The summed E-state index contributed by atoms with van der Waals surface area (Å²) >= 11 is 0. The smallest absolute Gasteiger partial charge is 0.0755 e. The van der Waals surface area contributed by atoms with Gasteiger partial charge in [0, 0.05) is 27.8 Å². The Bertz CT molecular complexity index is 4580. The minimum Gasteiger partial charge on any atom is -0.310 e. The molecule has 1 aliphatic heterocycles. The fourth-order valence-electron chi connectivity index (χ4n) is 14.6. The van der Waals surface area contributed by atoms with Gasteiger partial charge in [0.25, 0.3) is 0 Å². The van der Waals surface area contributed by atoms with Crippen LogP contribution in [0.15, 0.2) is 267 Å². The lowest BCUT2D eigenvalue weighted by Gasteiger charge is -2.40. The first-order valence-electron chi connectivity index (χ1n) is 25.9. The summed E-state index contributed by atoms with van der Waals surface area (Å²) in [4.78, 5) is 2.54.